The molecule has 2 fully saturated rings. The number of imidazole rings is 1. The van der Waals surface area contributed by atoms with E-state index in [2.05, 4.69) is 40.0 Å². The number of hydrogen-bond donors (Lipinski definition) is 0. The second kappa shape index (κ2) is 6.27. The zero-order valence-electron chi connectivity index (χ0n) is 15.6. The molecule has 0 bridgehead atoms. The summed E-state index contributed by atoms with van der Waals surface area (Å²) in [7, 11) is 0. The first-order valence-electron chi connectivity index (χ1n) is 9.95. The maximum atomic E-state index is 4.72. The summed E-state index contributed by atoms with van der Waals surface area (Å²) in [6.45, 7) is 4.72. The van der Waals surface area contributed by atoms with Crippen LogP contribution in [0.4, 0.5) is 5.82 Å². The van der Waals surface area contributed by atoms with E-state index in [1.165, 1.54) is 12.8 Å². The molecule has 4 aromatic heterocycles. The van der Waals surface area contributed by atoms with E-state index in [-0.39, 0.29) is 0 Å². The first-order valence-corrected chi connectivity index (χ1v) is 9.95. The maximum absolute atomic E-state index is 4.72. The van der Waals surface area contributed by atoms with Gasteiger partial charge < -0.3 is 9.30 Å². The predicted molar refractivity (Wildman–Crippen MR) is 105 cm³/mol. The van der Waals surface area contributed by atoms with E-state index in [1.807, 2.05) is 36.8 Å². The molecule has 0 aromatic carbocycles. The molecule has 8 heteroatoms. The van der Waals surface area contributed by atoms with Gasteiger partial charge >= 0.3 is 0 Å². The number of rotatable bonds is 4. The third kappa shape index (κ3) is 2.72. The van der Waals surface area contributed by atoms with Crippen molar-refractivity contribution in [2.24, 2.45) is 0 Å². The van der Waals surface area contributed by atoms with Crippen LogP contribution in [0.1, 0.15) is 30.3 Å². The summed E-state index contributed by atoms with van der Waals surface area (Å²) in [5.74, 6) is 2.62. The smallest absolute Gasteiger partial charge is 0.203 e. The summed E-state index contributed by atoms with van der Waals surface area (Å²) in [5.41, 5.74) is 3.01. The van der Waals surface area contributed by atoms with Gasteiger partial charge in [0, 0.05) is 63.4 Å². The van der Waals surface area contributed by atoms with Gasteiger partial charge in [0.2, 0.25) is 5.65 Å². The SMILES string of the molecule is c1ccn2cc(CN3CCN(c4nccn5c(C6CC6)nnc45)CC3)nc2c1. The molecule has 0 N–H and O–H groups in total. The fourth-order valence-corrected chi connectivity index (χ4v) is 4.08. The second-order valence-electron chi connectivity index (χ2n) is 7.74. The Bertz CT molecular complexity index is 1100. The molecular formula is C20H22N8. The van der Waals surface area contributed by atoms with Crippen molar-refractivity contribution in [1.29, 1.82) is 0 Å². The molecule has 0 spiro atoms. The Kier molecular flexibility index (Phi) is 3.58. The van der Waals surface area contributed by atoms with Crippen molar-refractivity contribution in [3.63, 3.8) is 0 Å². The monoisotopic (exact) mass is 374 g/mol. The molecule has 4 aromatic rings. The molecule has 142 valence electrons. The van der Waals surface area contributed by atoms with Crippen molar-refractivity contribution in [2.45, 2.75) is 25.3 Å². The largest absolute Gasteiger partial charge is 0.351 e. The molecule has 0 radical (unpaired) electrons. The zero-order valence-corrected chi connectivity index (χ0v) is 15.6. The third-order valence-electron chi connectivity index (χ3n) is 5.75. The van der Waals surface area contributed by atoms with E-state index in [9.17, 15) is 0 Å². The Balaban J connectivity index is 1.17. The normalized spacial score (nSPS) is 18.4. The topological polar surface area (TPSA) is 66.9 Å². The summed E-state index contributed by atoms with van der Waals surface area (Å²) in [6, 6.07) is 6.10. The van der Waals surface area contributed by atoms with E-state index in [0.29, 0.717) is 5.92 Å². The molecular weight excluding hydrogens is 352 g/mol. The summed E-state index contributed by atoms with van der Waals surface area (Å²) in [5, 5.41) is 8.88. The van der Waals surface area contributed by atoms with Gasteiger partial charge in [-0.05, 0) is 25.0 Å². The number of hydrogen-bond acceptors (Lipinski definition) is 6. The minimum absolute atomic E-state index is 0.576. The van der Waals surface area contributed by atoms with Crippen LogP contribution in [0.5, 0.6) is 0 Å². The average Bonchev–Trinajstić information content (AvgIpc) is 3.34. The summed E-state index contributed by atoms with van der Waals surface area (Å²) >= 11 is 0. The minimum atomic E-state index is 0.576. The summed E-state index contributed by atoms with van der Waals surface area (Å²) in [6.07, 6.45) is 10.5. The van der Waals surface area contributed by atoms with Crippen LogP contribution < -0.4 is 4.90 Å². The van der Waals surface area contributed by atoms with Crippen LogP contribution in [-0.2, 0) is 6.54 Å². The lowest BCUT2D eigenvalue weighted by Crippen LogP contribution is -2.46. The van der Waals surface area contributed by atoms with Crippen LogP contribution in [0.2, 0.25) is 0 Å². The lowest BCUT2D eigenvalue weighted by molar-refractivity contribution is 0.247. The molecule has 0 amide bonds. The lowest BCUT2D eigenvalue weighted by atomic mass is 10.3. The molecule has 28 heavy (non-hydrogen) atoms. The molecule has 0 atom stereocenters. The highest BCUT2D eigenvalue weighted by atomic mass is 15.3. The summed E-state index contributed by atoms with van der Waals surface area (Å²) in [4.78, 5) is 14.1. The van der Waals surface area contributed by atoms with Crippen molar-refractivity contribution in [3.05, 3.63) is 54.5 Å². The van der Waals surface area contributed by atoms with E-state index in [1.54, 1.807) is 0 Å². The Morgan fingerprint density at radius 3 is 2.71 bits per heavy atom. The number of aromatic nitrogens is 6. The quantitative estimate of drug-likeness (QED) is 0.544. The maximum Gasteiger partial charge on any atom is 0.203 e. The van der Waals surface area contributed by atoms with Gasteiger partial charge in [0.15, 0.2) is 5.82 Å². The standard InChI is InChI=1S/C20H22N8/c1-2-7-27-14-16(22-17(27)3-1)13-25-9-11-26(12-10-25)19-20-24-23-18(15-4-5-15)28(20)8-6-21-19/h1-3,6-8,14-15H,4-5,9-13H2. The average molecular weight is 374 g/mol. The predicted octanol–water partition coefficient (Wildman–Crippen LogP) is 1.97. The van der Waals surface area contributed by atoms with Crippen molar-refractivity contribution in [3.8, 4) is 0 Å². The molecule has 6 rings (SSSR count). The molecule has 1 saturated heterocycles. The fourth-order valence-electron chi connectivity index (χ4n) is 4.08. The van der Waals surface area contributed by atoms with Gasteiger partial charge in [-0.3, -0.25) is 9.30 Å². The molecule has 0 unspecified atom stereocenters. The van der Waals surface area contributed by atoms with Gasteiger partial charge in [-0.25, -0.2) is 9.97 Å². The minimum Gasteiger partial charge on any atom is -0.351 e. The number of fused-ring (bicyclic) bond motifs is 2. The fraction of sp³-hybridized carbons (Fsp3) is 0.400. The van der Waals surface area contributed by atoms with Gasteiger partial charge in [-0.1, -0.05) is 6.07 Å². The van der Waals surface area contributed by atoms with Gasteiger partial charge in [0.1, 0.15) is 11.5 Å². The molecule has 5 heterocycles. The second-order valence-corrected chi connectivity index (χ2v) is 7.74. The molecule has 8 nitrogen and oxygen atoms in total. The number of nitrogens with zero attached hydrogens (tertiary/aromatic N) is 8. The molecule has 1 saturated carbocycles. The van der Waals surface area contributed by atoms with Crippen molar-refractivity contribution < 1.29 is 0 Å². The molecule has 1 aliphatic heterocycles. The summed E-state index contributed by atoms with van der Waals surface area (Å²) < 4.78 is 4.21. The van der Waals surface area contributed by atoms with Gasteiger partial charge in [-0.2, -0.15) is 0 Å². The highest BCUT2D eigenvalue weighted by molar-refractivity contribution is 5.64. The zero-order chi connectivity index (χ0) is 18.5. The van der Waals surface area contributed by atoms with Crippen LogP contribution in [0, 0.1) is 0 Å². The number of pyridine rings is 1. The number of anilines is 1. The third-order valence-corrected chi connectivity index (χ3v) is 5.75. The van der Waals surface area contributed by atoms with Gasteiger partial charge in [0.05, 0.1) is 5.69 Å². The van der Waals surface area contributed by atoms with Crippen molar-refractivity contribution in [1.82, 2.24) is 33.9 Å². The van der Waals surface area contributed by atoms with E-state index in [0.717, 1.165) is 61.4 Å². The van der Waals surface area contributed by atoms with Crippen LogP contribution in [0.25, 0.3) is 11.3 Å². The van der Waals surface area contributed by atoms with Crippen molar-refractivity contribution in [2.75, 3.05) is 31.1 Å². The molecule has 1 aliphatic carbocycles. The number of piperazine rings is 1. The Hall–Kier alpha value is -3.00. The Morgan fingerprint density at radius 1 is 1.00 bits per heavy atom. The molecule has 2 aliphatic rings. The lowest BCUT2D eigenvalue weighted by Gasteiger charge is -2.34. The van der Waals surface area contributed by atoms with Crippen LogP contribution >= 0.6 is 0 Å². The van der Waals surface area contributed by atoms with E-state index >= 15 is 0 Å². The van der Waals surface area contributed by atoms with Crippen LogP contribution in [-0.4, -0.2) is 60.0 Å². The first-order chi connectivity index (χ1) is 13.8. The van der Waals surface area contributed by atoms with Crippen molar-refractivity contribution >= 4 is 17.1 Å². The van der Waals surface area contributed by atoms with E-state index < -0.39 is 0 Å². The van der Waals surface area contributed by atoms with Gasteiger partial charge in [-0.15, -0.1) is 10.2 Å². The van der Waals surface area contributed by atoms with Crippen LogP contribution in [0.3, 0.4) is 0 Å². The Morgan fingerprint density at radius 2 is 1.89 bits per heavy atom. The highest BCUT2D eigenvalue weighted by Gasteiger charge is 2.30. The van der Waals surface area contributed by atoms with Crippen LogP contribution in [0.15, 0.2) is 43.0 Å². The highest BCUT2D eigenvalue weighted by Crippen LogP contribution is 2.39. The Labute approximate surface area is 162 Å². The van der Waals surface area contributed by atoms with Gasteiger partial charge in [0.25, 0.3) is 0 Å². The van der Waals surface area contributed by atoms with E-state index in [4.69, 9.17) is 4.98 Å². The first kappa shape index (κ1) is 16.0.